The molecule has 0 atom stereocenters. The number of nitrogens with zero attached hydrogens (tertiary/aromatic N) is 2. The van der Waals surface area contributed by atoms with Crippen molar-refractivity contribution in [3.63, 3.8) is 0 Å². The molecule has 0 radical (unpaired) electrons. The first-order valence-electron chi connectivity index (χ1n) is 7.11. The molecule has 7 heteroatoms. The second-order valence-corrected chi connectivity index (χ2v) is 5.45. The number of carboxylic acids is 1. The molecule has 1 saturated heterocycles. The van der Waals surface area contributed by atoms with Crippen molar-refractivity contribution in [2.75, 3.05) is 36.8 Å². The highest BCUT2D eigenvalue weighted by Gasteiger charge is 2.18. The number of aromatic nitrogens is 1. The minimum absolute atomic E-state index is 0.246. The number of carboxylic acid groups (broad SMARTS) is 1. The number of aryl methyl sites for hydroxylation is 1. The van der Waals surface area contributed by atoms with E-state index in [0.717, 1.165) is 31.9 Å². The summed E-state index contributed by atoms with van der Waals surface area (Å²) in [4.78, 5) is 25.6. The Bertz CT molecular complexity index is 807. The minimum atomic E-state index is -1.23. The van der Waals surface area contributed by atoms with Gasteiger partial charge >= 0.3 is 5.97 Å². The lowest BCUT2D eigenvalue weighted by atomic mass is 10.1. The van der Waals surface area contributed by atoms with E-state index < -0.39 is 11.4 Å². The molecule has 0 amide bonds. The summed E-state index contributed by atoms with van der Waals surface area (Å²) in [6, 6.07) is 3.45. The molecule has 1 aliphatic rings. The number of hydrogen-bond acceptors (Lipinski definition) is 5. The van der Waals surface area contributed by atoms with Crippen LogP contribution in [0, 0.1) is 0 Å². The predicted molar refractivity (Wildman–Crippen MR) is 85.6 cm³/mol. The molecule has 0 unspecified atom stereocenters. The van der Waals surface area contributed by atoms with Gasteiger partial charge in [-0.1, -0.05) is 0 Å². The number of anilines is 2. The maximum absolute atomic E-state index is 12.3. The number of nitrogens with one attached hydrogen (secondary N) is 1. The van der Waals surface area contributed by atoms with Crippen LogP contribution in [-0.4, -0.2) is 41.8 Å². The van der Waals surface area contributed by atoms with E-state index in [9.17, 15) is 9.59 Å². The average Bonchev–Trinajstić information content (AvgIpc) is 2.51. The maximum atomic E-state index is 12.3. The molecule has 2 aromatic rings. The molecule has 22 heavy (non-hydrogen) atoms. The summed E-state index contributed by atoms with van der Waals surface area (Å²) in [5.74, 6) is -1.23. The number of hydrogen-bond donors (Lipinski definition) is 3. The zero-order chi connectivity index (χ0) is 15.9. The number of nitrogens with two attached hydrogens (primary N) is 1. The average molecular weight is 302 g/mol. The largest absolute Gasteiger partial charge is 0.477 e. The molecular formula is C15H18N4O3. The maximum Gasteiger partial charge on any atom is 0.341 e. The summed E-state index contributed by atoms with van der Waals surface area (Å²) in [5.41, 5.74) is 7.41. The lowest BCUT2D eigenvalue weighted by molar-refractivity contribution is 0.0695. The molecule has 0 aliphatic carbocycles. The van der Waals surface area contributed by atoms with Crippen LogP contribution in [0.4, 0.5) is 11.4 Å². The lowest BCUT2D eigenvalue weighted by Gasteiger charge is -2.30. The van der Waals surface area contributed by atoms with E-state index in [2.05, 4.69) is 10.2 Å². The van der Waals surface area contributed by atoms with Gasteiger partial charge in [0.1, 0.15) is 5.56 Å². The van der Waals surface area contributed by atoms with Gasteiger partial charge in [0.15, 0.2) is 0 Å². The van der Waals surface area contributed by atoms with Crippen LogP contribution in [0.5, 0.6) is 0 Å². The molecular weight excluding hydrogens is 284 g/mol. The molecule has 3 rings (SSSR count). The van der Waals surface area contributed by atoms with Crippen molar-refractivity contribution in [1.29, 1.82) is 0 Å². The second-order valence-electron chi connectivity index (χ2n) is 5.45. The van der Waals surface area contributed by atoms with Gasteiger partial charge in [0.25, 0.3) is 0 Å². The van der Waals surface area contributed by atoms with Crippen molar-refractivity contribution >= 4 is 28.2 Å². The van der Waals surface area contributed by atoms with Crippen molar-refractivity contribution in [2.45, 2.75) is 0 Å². The quantitative estimate of drug-likeness (QED) is 0.687. The standard InChI is InChI=1S/C15H18N4O3/c1-18-8-10(15(21)22)14(20)9-6-11(16)13(7-12(9)18)19-4-2-17-3-5-19/h6-8,17H,2-5,16H2,1H3,(H,21,22). The van der Waals surface area contributed by atoms with Crippen LogP contribution < -0.4 is 21.4 Å². The molecule has 1 aliphatic heterocycles. The van der Waals surface area contributed by atoms with Crippen LogP contribution in [0.25, 0.3) is 10.9 Å². The topological polar surface area (TPSA) is 101 Å². The van der Waals surface area contributed by atoms with Gasteiger partial charge in [-0.25, -0.2) is 4.79 Å². The van der Waals surface area contributed by atoms with Crippen LogP contribution in [-0.2, 0) is 7.05 Å². The number of carbonyl (C=O) groups is 1. The summed E-state index contributed by atoms with van der Waals surface area (Å²) in [6.07, 6.45) is 1.35. The highest BCUT2D eigenvalue weighted by Crippen LogP contribution is 2.28. The molecule has 7 nitrogen and oxygen atoms in total. The van der Waals surface area contributed by atoms with Gasteiger partial charge in [-0.15, -0.1) is 0 Å². The first kappa shape index (κ1) is 14.4. The Hall–Kier alpha value is -2.54. The number of pyridine rings is 1. The number of piperazine rings is 1. The number of fused-ring (bicyclic) bond motifs is 1. The zero-order valence-corrected chi connectivity index (χ0v) is 12.3. The molecule has 0 spiro atoms. The third-order valence-corrected chi connectivity index (χ3v) is 4.03. The summed E-state index contributed by atoms with van der Waals surface area (Å²) in [5, 5.41) is 12.7. The molecule has 0 bridgehead atoms. The molecule has 2 heterocycles. The summed E-state index contributed by atoms with van der Waals surface area (Å²) in [7, 11) is 1.73. The van der Waals surface area contributed by atoms with E-state index in [1.165, 1.54) is 6.20 Å². The molecule has 116 valence electrons. The number of benzene rings is 1. The Morgan fingerprint density at radius 2 is 2.00 bits per heavy atom. The van der Waals surface area contributed by atoms with E-state index in [1.54, 1.807) is 17.7 Å². The first-order valence-corrected chi connectivity index (χ1v) is 7.11. The Morgan fingerprint density at radius 3 is 2.64 bits per heavy atom. The number of nitrogen functional groups attached to an aromatic ring is 1. The van der Waals surface area contributed by atoms with E-state index in [0.29, 0.717) is 16.6 Å². The van der Waals surface area contributed by atoms with Crippen LogP contribution in [0.15, 0.2) is 23.1 Å². The molecule has 1 aromatic carbocycles. The van der Waals surface area contributed by atoms with Gasteiger partial charge in [-0.3, -0.25) is 4.79 Å². The SMILES string of the molecule is Cn1cc(C(=O)O)c(=O)c2cc(N)c(N3CCNCC3)cc21. The normalized spacial score (nSPS) is 15.2. The van der Waals surface area contributed by atoms with Gasteiger partial charge in [-0.05, 0) is 12.1 Å². The van der Waals surface area contributed by atoms with Gasteiger partial charge in [0, 0.05) is 44.8 Å². The number of aromatic carboxylic acids is 1. The van der Waals surface area contributed by atoms with E-state index in [4.69, 9.17) is 10.8 Å². The van der Waals surface area contributed by atoms with E-state index in [1.807, 2.05) is 6.07 Å². The molecule has 0 saturated carbocycles. The summed E-state index contributed by atoms with van der Waals surface area (Å²) in [6.45, 7) is 3.45. The second kappa shape index (κ2) is 5.34. The van der Waals surface area contributed by atoms with E-state index in [-0.39, 0.29) is 5.56 Å². The van der Waals surface area contributed by atoms with Crippen LogP contribution in [0.2, 0.25) is 0 Å². The van der Waals surface area contributed by atoms with E-state index >= 15 is 0 Å². The molecule has 1 fully saturated rings. The Morgan fingerprint density at radius 1 is 1.32 bits per heavy atom. The van der Waals surface area contributed by atoms with Crippen molar-refractivity contribution in [3.8, 4) is 0 Å². The van der Waals surface area contributed by atoms with Crippen molar-refractivity contribution < 1.29 is 9.90 Å². The fourth-order valence-electron chi connectivity index (χ4n) is 2.87. The molecule has 4 N–H and O–H groups in total. The summed E-state index contributed by atoms with van der Waals surface area (Å²) >= 11 is 0. The predicted octanol–water partition coefficient (Wildman–Crippen LogP) is 0.229. The molecule has 1 aromatic heterocycles. The Kier molecular flexibility index (Phi) is 3.50. The fourth-order valence-corrected chi connectivity index (χ4v) is 2.87. The van der Waals surface area contributed by atoms with Crippen molar-refractivity contribution in [2.24, 2.45) is 7.05 Å². The smallest absolute Gasteiger partial charge is 0.341 e. The number of rotatable bonds is 2. The van der Waals surface area contributed by atoms with Crippen molar-refractivity contribution in [3.05, 3.63) is 34.1 Å². The van der Waals surface area contributed by atoms with Gasteiger partial charge in [-0.2, -0.15) is 0 Å². The van der Waals surface area contributed by atoms with Gasteiger partial charge in [0.05, 0.1) is 16.9 Å². The third kappa shape index (κ3) is 2.29. The van der Waals surface area contributed by atoms with Crippen LogP contribution >= 0.6 is 0 Å². The Labute approximate surface area is 126 Å². The minimum Gasteiger partial charge on any atom is -0.477 e. The Balaban J connectivity index is 2.22. The highest BCUT2D eigenvalue weighted by molar-refractivity contribution is 5.95. The van der Waals surface area contributed by atoms with Crippen LogP contribution in [0.1, 0.15) is 10.4 Å². The highest BCUT2D eigenvalue weighted by atomic mass is 16.4. The monoisotopic (exact) mass is 302 g/mol. The zero-order valence-electron chi connectivity index (χ0n) is 12.3. The fraction of sp³-hybridized carbons (Fsp3) is 0.333. The lowest BCUT2D eigenvalue weighted by Crippen LogP contribution is -2.43. The van der Waals surface area contributed by atoms with Gasteiger partial charge in [0.2, 0.25) is 5.43 Å². The van der Waals surface area contributed by atoms with Crippen LogP contribution in [0.3, 0.4) is 0 Å². The van der Waals surface area contributed by atoms with Crippen molar-refractivity contribution in [1.82, 2.24) is 9.88 Å². The van der Waals surface area contributed by atoms with Gasteiger partial charge < -0.3 is 25.6 Å². The summed E-state index contributed by atoms with van der Waals surface area (Å²) < 4.78 is 1.66. The third-order valence-electron chi connectivity index (χ3n) is 4.03. The first-order chi connectivity index (χ1) is 10.5.